The van der Waals surface area contributed by atoms with Gasteiger partial charge in [0.25, 0.3) is 0 Å². The second-order valence-electron chi connectivity index (χ2n) is 5.89. The van der Waals surface area contributed by atoms with Gasteiger partial charge in [0, 0.05) is 11.8 Å². The van der Waals surface area contributed by atoms with Crippen LogP contribution >= 0.6 is 19.4 Å². The van der Waals surface area contributed by atoms with Gasteiger partial charge < -0.3 is 37.8 Å². The minimum Gasteiger partial charge on any atom is -0.780 e. The monoisotopic (exact) mass is 451 g/mol. The first kappa shape index (κ1) is 21.9. The lowest BCUT2D eigenvalue weighted by atomic mass is 10.0. The summed E-state index contributed by atoms with van der Waals surface area (Å²) < 4.78 is 41.2. The molecule has 0 aliphatic carbocycles. The number of aromatic nitrogens is 1. The summed E-state index contributed by atoms with van der Waals surface area (Å²) in [6.45, 7) is 0. The fraction of sp³-hybridized carbons (Fsp3) is 0.211. The number of ether oxygens (including phenoxy) is 4. The molecular formula is C19H18NO8PS-2. The number of phosphoric acid groups is 1. The van der Waals surface area contributed by atoms with Gasteiger partial charge in [-0.2, -0.15) is 4.37 Å². The number of hydrogen-bond donors (Lipinski definition) is 0. The van der Waals surface area contributed by atoms with Crippen LogP contribution in [0.2, 0.25) is 0 Å². The molecule has 0 fully saturated rings. The maximum Gasteiger partial charge on any atom is 0.203 e. The van der Waals surface area contributed by atoms with Crippen LogP contribution in [0.5, 0.6) is 28.7 Å². The van der Waals surface area contributed by atoms with Gasteiger partial charge >= 0.3 is 0 Å². The molecule has 2 aromatic carbocycles. The van der Waals surface area contributed by atoms with E-state index in [2.05, 4.69) is 8.90 Å². The highest BCUT2D eigenvalue weighted by Crippen LogP contribution is 2.46. The zero-order valence-electron chi connectivity index (χ0n) is 16.5. The lowest BCUT2D eigenvalue weighted by molar-refractivity contribution is -0.333. The predicted octanol–water partition coefficient (Wildman–Crippen LogP) is 2.72. The third-order valence-corrected chi connectivity index (χ3v) is 5.45. The molecule has 9 nitrogen and oxygen atoms in total. The van der Waals surface area contributed by atoms with Crippen molar-refractivity contribution in [3.05, 3.63) is 36.5 Å². The second kappa shape index (κ2) is 8.93. The van der Waals surface area contributed by atoms with E-state index in [0.29, 0.717) is 27.7 Å². The normalized spacial score (nSPS) is 11.1. The Labute approximate surface area is 177 Å². The summed E-state index contributed by atoms with van der Waals surface area (Å²) in [5.74, 6) is 1.31. The van der Waals surface area contributed by atoms with Crippen LogP contribution in [0.15, 0.2) is 36.5 Å². The molecule has 0 saturated carbocycles. The van der Waals surface area contributed by atoms with Crippen molar-refractivity contribution in [2.24, 2.45) is 0 Å². The summed E-state index contributed by atoms with van der Waals surface area (Å²) in [5.41, 5.74) is 2.07. The Balaban J connectivity index is 2.13. The third-order valence-electron chi connectivity index (χ3n) is 4.18. The van der Waals surface area contributed by atoms with Crippen LogP contribution in [0.4, 0.5) is 0 Å². The zero-order chi connectivity index (χ0) is 21.9. The van der Waals surface area contributed by atoms with Crippen molar-refractivity contribution in [2.45, 2.75) is 0 Å². The van der Waals surface area contributed by atoms with E-state index >= 15 is 0 Å². The third kappa shape index (κ3) is 4.52. The summed E-state index contributed by atoms with van der Waals surface area (Å²) in [7, 11) is 0.633. The van der Waals surface area contributed by atoms with Crippen molar-refractivity contribution in [1.29, 1.82) is 0 Å². The van der Waals surface area contributed by atoms with Crippen molar-refractivity contribution in [1.82, 2.24) is 4.37 Å². The zero-order valence-corrected chi connectivity index (χ0v) is 18.2. The van der Waals surface area contributed by atoms with Crippen LogP contribution in [-0.4, -0.2) is 32.8 Å². The van der Waals surface area contributed by atoms with Crippen molar-refractivity contribution >= 4 is 19.4 Å². The summed E-state index contributed by atoms with van der Waals surface area (Å²) in [6.07, 6.45) is 1.66. The first-order chi connectivity index (χ1) is 14.3. The van der Waals surface area contributed by atoms with Crippen LogP contribution in [0.1, 0.15) is 0 Å². The molecule has 11 heteroatoms. The molecule has 0 atom stereocenters. The standard InChI is InChI=1S/C19H20NO8PS/c1-24-14-6-5-11(7-15(14)28-29(21,22)23)19-13(10-20-30-19)12-8-16(25-2)18(27-4)17(9-12)26-3/h5-10H,1-4H3,(H2,21,22,23)/p-2. The minimum absolute atomic E-state index is 0.115. The van der Waals surface area contributed by atoms with Gasteiger partial charge in [0.15, 0.2) is 23.0 Å². The maximum atomic E-state index is 11.1. The van der Waals surface area contributed by atoms with Gasteiger partial charge in [-0.25, -0.2) is 0 Å². The minimum atomic E-state index is -5.26. The molecule has 0 saturated heterocycles. The Hall–Kier alpha value is -2.78. The first-order valence-electron chi connectivity index (χ1n) is 8.46. The number of phosphoric ester groups is 1. The van der Waals surface area contributed by atoms with Crippen molar-refractivity contribution in [3.8, 4) is 50.3 Å². The summed E-state index contributed by atoms with van der Waals surface area (Å²) >= 11 is 1.19. The quantitative estimate of drug-likeness (QED) is 0.476. The molecule has 0 aliphatic rings. The largest absolute Gasteiger partial charge is 0.780 e. The maximum absolute atomic E-state index is 11.1. The van der Waals surface area contributed by atoms with E-state index in [4.69, 9.17) is 18.9 Å². The van der Waals surface area contributed by atoms with Gasteiger partial charge in [-0.15, -0.1) is 0 Å². The van der Waals surface area contributed by atoms with Crippen LogP contribution in [-0.2, 0) is 4.57 Å². The van der Waals surface area contributed by atoms with E-state index in [9.17, 15) is 14.4 Å². The van der Waals surface area contributed by atoms with Gasteiger partial charge in [0.2, 0.25) is 5.75 Å². The fourth-order valence-electron chi connectivity index (χ4n) is 2.90. The van der Waals surface area contributed by atoms with Gasteiger partial charge in [-0.1, -0.05) is 0 Å². The Kier molecular flexibility index (Phi) is 6.52. The smallest absolute Gasteiger partial charge is 0.203 e. The topological polar surface area (TPSA) is 122 Å². The molecule has 1 aromatic heterocycles. The Morgan fingerprint density at radius 3 is 1.97 bits per heavy atom. The van der Waals surface area contributed by atoms with E-state index in [1.54, 1.807) is 24.4 Å². The first-order valence-corrected chi connectivity index (χ1v) is 10.7. The number of benzene rings is 2. The SMILES string of the molecule is COc1ccc(-c2sncc2-c2cc(OC)c(OC)c(OC)c2)cc1OP(=O)([O-])[O-]. The molecule has 1 heterocycles. The summed E-state index contributed by atoms with van der Waals surface area (Å²) in [6, 6.07) is 8.19. The Morgan fingerprint density at radius 1 is 0.833 bits per heavy atom. The van der Waals surface area contributed by atoms with E-state index in [1.165, 1.54) is 52.1 Å². The second-order valence-corrected chi connectivity index (χ2v) is 7.77. The van der Waals surface area contributed by atoms with Crippen molar-refractivity contribution < 1.29 is 37.8 Å². The number of hydrogen-bond acceptors (Lipinski definition) is 10. The molecule has 0 N–H and O–H groups in total. The molecule has 30 heavy (non-hydrogen) atoms. The van der Waals surface area contributed by atoms with Crippen LogP contribution in [0.25, 0.3) is 21.6 Å². The van der Waals surface area contributed by atoms with E-state index in [0.717, 1.165) is 11.1 Å². The average Bonchev–Trinajstić information content (AvgIpc) is 3.21. The number of nitrogens with zero attached hydrogens (tertiary/aromatic N) is 1. The van der Waals surface area contributed by atoms with E-state index < -0.39 is 7.82 Å². The Bertz CT molecular complexity index is 1070. The summed E-state index contributed by atoms with van der Waals surface area (Å²) in [4.78, 5) is 22.9. The highest BCUT2D eigenvalue weighted by atomic mass is 32.1. The molecule has 0 amide bonds. The average molecular weight is 451 g/mol. The van der Waals surface area contributed by atoms with Gasteiger partial charge in [-0.3, -0.25) is 0 Å². The van der Waals surface area contributed by atoms with Crippen molar-refractivity contribution in [3.63, 3.8) is 0 Å². The van der Waals surface area contributed by atoms with Gasteiger partial charge in [0.05, 0.1) is 33.3 Å². The highest BCUT2D eigenvalue weighted by Gasteiger charge is 2.19. The lowest BCUT2D eigenvalue weighted by Crippen LogP contribution is -2.18. The predicted molar refractivity (Wildman–Crippen MR) is 107 cm³/mol. The van der Waals surface area contributed by atoms with Gasteiger partial charge in [0.1, 0.15) is 7.82 Å². The molecule has 0 aliphatic heterocycles. The molecule has 3 rings (SSSR count). The van der Waals surface area contributed by atoms with Gasteiger partial charge in [-0.05, 0) is 53.0 Å². The van der Waals surface area contributed by atoms with E-state index in [1.807, 2.05) is 0 Å². The Morgan fingerprint density at radius 2 is 1.43 bits per heavy atom. The molecule has 0 bridgehead atoms. The molecule has 0 spiro atoms. The van der Waals surface area contributed by atoms with E-state index in [-0.39, 0.29) is 11.5 Å². The van der Waals surface area contributed by atoms with Crippen molar-refractivity contribution in [2.75, 3.05) is 28.4 Å². The molecule has 160 valence electrons. The molecule has 0 unspecified atom stereocenters. The molecule has 3 aromatic rings. The lowest BCUT2D eigenvalue weighted by Gasteiger charge is -2.29. The van der Waals surface area contributed by atoms with Crippen LogP contribution in [0, 0.1) is 0 Å². The summed E-state index contributed by atoms with van der Waals surface area (Å²) in [5, 5.41) is 0. The van der Waals surface area contributed by atoms with Crippen LogP contribution in [0.3, 0.4) is 0 Å². The highest BCUT2D eigenvalue weighted by molar-refractivity contribution is 7.43. The number of methoxy groups -OCH3 is 4. The van der Waals surface area contributed by atoms with Crippen LogP contribution < -0.4 is 33.3 Å². The number of rotatable bonds is 8. The molecule has 0 radical (unpaired) electrons. The fourth-order valence-corrected chi connectivity index (χ4v) is 4.05. The molecular weight excluding hydrogens is 433 g/mol.